The van der Waals surface area contributed by atoms with Crippen LogP contribution in [0.1, 0.15) is 11.1 Å². The third-order valence-electron chi connectivity index (χ3n) is 3.81. The number of aryl methyl sites for hydroxylation is 1. The van der Waals surface area contributed by atoms with E-state index in [1.165, 1.54) is 11.1 Å². The molecule has 0 spiro atoms. The molecule has 0 atom stereocenters. The number of aromatic amines is 1. The zero-order chi connectivity index (χ0) is 16.2. The monoisotopic (exact) mass is 324 g/mol. The molecule has 4 nitrogen and oxygen atoms in total. The maximum absolute atomic E-state index is 5.38. The summed E-state index contributed by atoms with van der Waals surface area (Å²) in [5, 5.41) is 3.29. The highest BCUT2D eigenvalue weighted by atomic mass is 32.1. The zero-order valence-electron chi connectivity index (χ0n) is 13.4. The second kappa shape index (κ2) is 6.89. The summed E-state index contributed by atoms with van der Waals surface area (Å²) in [5.41, 5.74) is 3.67. The summed E-state index contributed by atoms with van der Waals surface area (Å²) in [7, 11) is 2.08. The van der Waals surface area contributed by atoms with Crippen LogP contribution in [0.3, 0.4) is 0 Å². The molecule has 5 heteroatoms. The van der Waals surface area contributed by atoms with Crippen LogP contribution in [0.15, 0.2) is 54.6 Å². The molecule has 0 bridgehead atoms. The Morgan fingerprint density at radius 1 is 1.09 bits per heavy atom. The Morgan fingerprint density at radius 2 is 1.78 bits per heavy atom. The van der Waals surface area contributed by atoms with Crippen molar-refractivity contribution in [2.75, 3.05) is 7.05 Å². The largest absolute Gasteiger partial charge is 0.283 e. The van der Waals surface area contributed by atoms with E-state index in [0.29, 0.717) is 11.4 Å². The molecule has 0 aliphatic heterocycles. The van der Waals surface area contributed by atoms with Crippen LogP contribution in [0.25, 0.3) is 11.4 Å². The van der Waals surface area contributed by atoms with Gasteiger partial charge < -0.3 is 0 Å². The zero-order valence-corrected chi connectivity index (χ0v) is 14.2. The normalized spacial score (nSPS) is 11.1. The molecule has 0 saturated heterocycles. The molecule has 2 aromatic carbocycles. The molecular formula is C18H20N4S. The van der Waals surface area contributed by atoms with Gasteiger partial charge in [-0.2, -0.15) is 4.98 Å². The quantitative estimate of drug-likeness (QED) is 0.721. The average Bonchev–Trinajstić information content (AvgIpc) is 2.91. The first-order valence-electron chi connectivity index (χ1n) is 7.59. The Hall–Kier alpha value is -2.24. The van der Waals surface area contributed by atoms with Crippen molar-refractivity contribution in [2.24, 2.45) is 0 Å². The first-order chi connectivity index (χ1) is 11.1. The number of benzene rings is 2. The SMILES string of the molecule is Cc1ccccc1CN(C)Cn1[nH]c(-c2ccccc2)nc1=S. The Balaban J connectivity index is 1.74. The fourth-order valence-electron chi connectivity index (χ4n) is 2.55. The van der Waals surface area contributed by atoms with Gasteiger partial charge in [-0.05, 0) is 37.3 Å². The fourth-order valence-corrected chi connectivity index (χ4v) is 2.74. The molecule has 0 radical (unpaired) electrons. The second-order valence-corrected chi connectivity index (χ2v) is 6.10. The van der Waals surface area contributed by atoms with Crippen LogP contribution < -0.4 is 0 Å². The van der Waals surface area contributed by atoms with Gasteiger partial charge in [-0.1, -0.05) is 54.6 Å². The van der Waals surface area contributed by atoms with Gasteiger partial charge in [0.05, 0.1) is 6.67 Å². The molecule has 23 heavy (non-hydrogen) atoms. The highest BCUT2D eigenvalue weighted by Crippen LogP contribution is 2.14. The van der Waals surface area contributed by atoms with Crippen molar-refractivity contribution in [1.82, 2.24) is 19.7 Å². The molecule has 1 aromatic heterocycles. The van der Waals surface area contributed by atoms with Gasteiger partial charge in [-0.3, -0.25) is 10.00 Å². The maximum atomic E-state index is 5.38. The molecule has 1 N–H and O–H groups in total. The van der Waals surface area contributed by atoms with Crippen LogP contribution >= 0.6 is 12.2 Å². The lowest BCUT2D eigenvalue weighted by Gasteiger charge is -2.18. The first-order valence-corrected chi connectivity index (χ1v) is 7.99. The standard InChI is InChI=1S/C18H20N4S/c1-14-8-6-7-11-16(14)12-21(2)13-22-18(23)19-17(20-22)15-9-4-3-5-10-15/h3-11H,12-13H2,1-2H3,(H,19,20,23). The number of hydrogen-bond acceptors (Lipinski definition) is 3. The molecular weight excluding hydrogens is 304 g/mol. The number of nitrogens with one attached hydrogen (secondary N) is 1. The van der Waals surface area contributed by atoms with Crippen LogP contribution in [0.2, 0.25) is 0 Å². The predicted octanol–water partition coefficient (Wildman–Crippen LogP) is 4.01. The van der Waals surface area contributed by atoms with Gasteiger partial charge in [0, 0.05) is 12.1 Å². The van der Waals surface area contributed by atoms with Crippen LogP contribution in [0.4, 0.5) is 0 Å². The molecule has 3 aromatic rings. The maximum Gasteiger partial charge on any atom is 0.217 e. The number of H-pyrrole nitrogens is 1. The molecule has 1 heterocycles. The summed E-state index contributed by atoms with van der Waals surface area (Å²) in [4.78, 5) is 6.67. The van der Waals surface area contributed by atoms with E-state index in [0.717, 1.165) is 17.9 Å². The smallest absolute Gasteiger partial charge is 0.217 e. The van der Waals surface area contributed by atoms with Gasteiger partial charge in [0.1, 0.15) is 0 Å². The van der Waals surface area contributed by atoms with Gasteiger partial charge in [0.2, 0.25) is 4.77 Å². The van der Waals surface area contributed by atoms with Crippen LogP contribution in [0.5, 0.6) is 0 Å². The number of nitrogens with zero attached hydrogens (tertiary/aromatic N) is 3. The summed E-state index contributed by atoms with van der Waals surface area (Å²) in [6.07, 6.45) is 0. The second-order valence-electron chi connectivity index (χ2n) is 5.73. The molecule has 118 valence electrons. The first kappa shape index (κ1) is 15.6. The fraction of sp³-hybridized carbons (Fsp3) is 0.222. The van der Waals surface area contributed by atoms with Crippen LogP contribution in [0, 0.1) is 11.7 Å². The molecule has 0 aliphatic rings. The topological polar surface area (TPSA) is 36.9 Å². The van der Waals surface area contributed by atoms with E-state index < -0.39 is 0 Å². The molecule has 0 aliphatic carbocycles. The highest BCUT2D eigenvalue weighted by molar-refractivity contribution is 7.71. The van der Waals surface area contributed by atoms with Crippen molar-refractivity contribution in [3.8, 4) is 11.4 Å². The molecule has 0 amide bonds. The van der Waals surface area contributed by atoms with Gasteiger partial charge in [0.15, 0.2) is 5.82 Å². The van der Waals surface area contributed by atoms with Crippen molar-refractivity contribution in [3.05, 3.63) is 70.5 Å². The lowest BCUT2D eigenvalue weighted by molar-refractivity contribution is 0.244. The van der Waals surface area contributed by atoms with Crippen LogP contribution in [-0.2, 0) is 13.2 Å². The van der Waals surface area contributed by atoms with E-state index in [-0.39, 0.29) is 0 Å². The summed E-state index contributed by atoms with van der Waals surface area (Å²) in [6, 6.07) is 18.5. The Kier molecular flexibility index (Phi) is 4.69. The van der Waals surface area contributed by atoms with Crippen molar-refractivity contribution < 1.29 is 0 Å². The number of rotatable bonds is 5. The lowest BCUT2D eigenvalue weighted by atomic mass is 10.1. The summed E-state index contributed by atoms with van der Waals surface area (Å²) >= 11 is 5.38. The van der Waals surface area contributed by atoms with Gasteiger partial charge in [0.25, 0.3) is 0 Å². The Bertz CT molecular complexity index is 835. The number of aromatic nitrogens is 3. The third-order valence-corrected chi connectivity index (χ3v) is 4.12. The Labute approximate surface area is 141 Å². The minimum Gasteiger partial charge on any atom is -0.283 e. The predicted molar refractivity (Wildman–Crippen MR) is 95.5 cm³/mol. The minimum absolute atomic E-state index is 0.570. The van der Waals surface area contributed by atoms with E-state index in [1.807, 2.05) is 35.0 Å². The van der Waals surface area contributed by atoms with Crippen molar-refractivity contribution >= 4 is 12.2 Å². The van der Waals surface area contributed by atoms with Gasteiger partial charge in [-0.25, -0.2) is 4.68 Å². The van der Waals surface area contributed by atoms with E-state index in [9.17, 15) is 0 Å². The van der Waals surface area contributed by atoms with E-state index in [2.05, 4.69) is 53.2 Å². The summed E-state index contributed by atoms with van der Waals surface area (Å²) in [5.74, 6) is 0.805. The van der Waals surface area contributed by atoms with Crippen molar-refractivity contribution in [1.29, 1.82) is 0 Å². The highest BCUT2D eigenvalue weighted by Gasteiger charge is 2.08. The van der Waals surface area contributed by atoms with Crippen molar-refractivity contribution in [2.45, 2.75) is 20.1 Å². The molecule has 3 rings (SSSR count). The van der Waals surface area contributed by atoms with Gasteiger partial charge >= 0.3 is 0 Å². The molecule has 0 saturated carbocycles. The number of hydrogen-bond donors (Lipinski definition) is 1. The van der Waals surface area contributed by atoms with Crippen LogP contribution in [-0.4, -0.2) is 26.7 Å². The summed E-state index contributed by atoms with van der Waals surface area (Å²) < 4.78 is 2.47. The molecule has 0 fully saturated rings. The average molecular weight is 324 g/mol. The van der Waals surface area contributed by atoms with Gasteiger partial charge in [-0.15, -0.1) is 0 Å². The lowest BCUT2D eigenvalue weighted by Crippen LogP contribution is -2.22. The third kappa shape index (κ3) is 3.75. The minimum atomic E-state index is 0.570. The molecule has 0 unspecified atom stereocenters. The van der Waals surface area contributed by atoms with Crippen molar-refractivity contribution in [3.63, 3.8) is 0 Å². The van der Waals surface area contributed by atoms with E-state index in [4.69, 9.17) is 12.2 Å². The van der Waals surface area contributed by atoms with E-state index >= 15 is 0 Å². The van der Waals surface area contributed by atoms with E-state index in [1.54, 1.807) is 0 Å². The Morgan fingerprint density at radius 3 is 2.52 bits per heavy atom. The summed E-state index contributed by atoms with van der Waals surface area (Å²) in [6.45, 7) is 3.68.